The van der Waals surface area contributed by atoms with Crippen molar-refractivity contribution in [3.8, 4) is 0 Å². The summed E-state index contributed by atoms with van der Waals surface area (Å²) in [6.45, 7) is 0. The van der Waals surface area contributed by atoms with Crippen molar-refractivity contribution < 1.29 is 0 Å². The summed E-state index contributed by atoms with van der Waals surface area (Å²) in [5.41, 5.74) is 0.610. The third-order valence-electron chi connectivity index (χ3n) is 3.87. The summed E-state index contributed by atoms with van der Waals surface area (Å²) < 4.78 is 0. The van der Waals surface area contributed by atoms with Crippen LogP contribution < -0.4 is 0 Å². The van der Waals surface area contributed by atoms with Gasteiger partial charge in [-0.25, -0.2) is 0 Å². The Kier molecular flexibility index (Phi) is 2.25. The molecule has 0 bridgehead atoms. The Hall–Kier alpha value is 0.180. The van der Waals surface area contributed by atoms with Gasteiger partial charge in [0.15, 0.2) is 0 Å². The monoisotopic (exact) mass is 270 g/mol. The van der Waals surface area contributed by atoms with Crippen molar-refractivity contribution in [3.63, 3.8) is 0 Å². The van der Waals surface area contributed by atoms with Gasteiger partial charge in [-0.3, -0.25) is 0 Å². The lowest BCUT2D eigenvalue weighted by molar-refractivity contribution is 0.310. The zero-order valence-corrected chi connectivity index (χ0v) is 10.6. The van der Waals surface area contributed by atoms with Crippen LogP contribution in [0.3, 0.4) is 0 Å². The minimum Gasteiger partial charge on any atom is -0.149 e. The van der Waals surface area contributed by atoms with Crippen LogP contribution in [0.1, 0.15) is 24.1 Å². The molecule has 2 heteroatoms. The normalized spacial score (nSPS) is 39.8. The maximum absolute atomic E-state index is 3.73. The van der Waals surface area contributed by atoms with Gasteiger partial charge in [0, 0.05) is 10.2 Å². The van der Waals surface area contributed by atoms with Gasteiger partial charge in [0.2, 0.25) is 0 Å². The van der Waals surface area contributed by atoms with Crippen LogP contribution in [-0.4, -0.2) is 5.33 Å². The Morgan fingerprint density at radius 3 is 2.79 bits per heavy atom. The second kappa shape index (κ2) is 3.34. The van der Waals surface area contributed by atoms with E-state index in [1.165, 1.54) is 31.0 Å². The molecule has 0 aliphatic heterocycles. The van der Waals surface area contributed by atoms with Crippen LogP contribution in [0.2, 0.25) is 0 Å². The molecule has 2 saturated carbocycles. The molecule has 14 heavy (non-hydrogen) atoms. The topological polar surface area (TPSA) is 0 Å². The molecule has 2 atom stereocenters. The van der Waals surface area contributed by atoms with Crippen molar-refractivity contribution in [1.29, 1.82) is 0 Å². The van der Waals surface area contributed by atoms with Crippen LogP contribution in [0, 0.1) is 17.3 Å². The summed E-state index contributed by atoms with van der Waals surface area (Å²) in [6.07, 6.45) is 5.78. The highest BCUT2D eigenvalue weighted by Gasteiger charge is 2.52. The van der Waals surface area contributed by atoms with Crippen LogP contribution in [0.4, 0.5) is 0 Å². The summed E-state index contributed by atoms with van der Waals surface area (Å²) in [5.74, 6) is 2.18. The molecular formula is C12H15BrS. The minimum atomic E-state index is 0.610. The molecule has 0 amide bonds. The van der Waals surface area contributed by atoms with E-state index in [1.807, 2.05) is 11.3 Å². The van der Waals surface area contributed by atoms with Gasteiger partial charge in [-0.2, -0.15) is 0 Å². The van der Waals surface area contributed by atoms with Gasteiger partial charge >= 0.3 is 0 Å². The Bertz CT molecular complexity index is 307. The Labute approximate surface area is 97.8 Å². The molecule has 2 aliphatic rings. The fourth-order valence-corrected chi connectivity index (χ4v) is 4.62. The molecule has 0 aromatic carbocycles. The lowest BCUT2D eigenvalue weighted by atomic mass is 9.81. The van der Waals surface area contributed by atoms with Crippen LogP contribution in [-0.2, 0) is 6.42 Å². The lowest BCUT2D eigenvalue weighted by Crippen LogP contribution is -2.23. The van der Waals surface area contributed by atoms with Crippen LogP contribution in [0.15, 0.2) is 17.5 Å². The SMILES string of the molecule is BrCC1(Cc2cccs2)CC2CC2C1. The van der Waals surface area contributed by atoms with E-state index >= 15 is 0 Å². The number of fused-ring (bicyclic) bond motifs is 1. The van der Waals surface area contributed by atoms with Gasteiger partial charge in [0.05, 0.1) is 0 Å². The van der Waals surface area contributed by atoms with Gasteiger partial charge in [0.1, 0.15) is 0 Å². The zero-order chi connectivity index (χ0) is 9.60. The predicted octanol–water partition coefficient (Wildman–Crippen LogP) is 4.10. The highest BCUT2D eigenvalue weighted by atomic mass is 79.9. The maximum atomic E-state index is 3.73. The third-order valence-corrected chi connectivity index (χ3v) is 5.94. The summed E-state index contributed by atoms with van der Waals surface area (Å²) >= 11 is 5.65. The van der Waals surface area contributed by atoms with Gasteiger partial charge in [-0.1, -0.05) is 22.0 Å². The van der Waals surface area contributed by atoms with Crippen molar-refractivity contribution in [2.45, 2.75) is 25.7 Å². The van der Waals surface area contributed by atoms with E-state index in [-0.39, 0.29) is 0 Å². The van der Waals surface area contributed by atoms with E-state index in [0.29, 0.717) is 5.41 Å². The number of hydrogen-bond donors (Lipinski definition) is 0. The lowest BCUT2D eigenvalue weighted by Gasteiger charge is -2.28. The predicted molar refractivity (Wildman–Crippen MR) is 65.1 cm³/mol. The molecular weight excluding hydrogens is 256 g/mol. The van der Waals surface area contributed by atoms with Gasteiger partial charge in [-0.05, 0) is 54.4 Å². The van der Waals surface area contributed by atoms with Crippen molar-refractivity contribution >= 4 is 27.3 Å². The quantitative estimate of drug-likeness (QED) is 0.726. The fraction of sp³-hybridized carbons (Fsp3) is 0.667. The second-order valence-electron chi connectivity index (χ2n) is 5.05. The van der Waals surface area contributed by atoms with Crippen molar-refractivity contribution in [1.82, 2.24) is 0 Å². The average Bonchev–Trinajstić information content (AvgIpc) is 2.68. The molecule has 0 spiro atoms. The van der Waals surface area contributed by atoms with E-state index in [1.54, 1.807) is 4.88 Å². The number of hydrogen-bond acceptors (Lipinski definition) is 1. The van der Waals surface area contributed by atoms with Gasteiger partial charge < -0.3 is 0 Å². The first kappa shape index (κ1) is 9.41. The molecule has 0 N–H and O–H groups in total. The smallest absolute Gasteiger partial charge is 0.00916 e. The van der Waals surface area contributed by atoms with Crippen LogP contribution >= 0.6 is 27.3 Å². The molecule has 0 saturated heterocycles. The Balaban J connectivity index is 1.75. The first-order valence-corrected chi connectivity index (χ1v) is 7.40. The molecule has 0 radical (unpaired) electrons. The summed E-state index contributed by atoms with van der Waals surface area (Å²) in [7, 11) is 0. The number of alkyl halides is 1. The van der Waals surface area contributed by atoms with E-state index in [4.69, 9.17) is 0 Å². The van der Waals surface area contributed by atoms with Crippen LogP contribution in [0.25, 0.3) is 0 Å². The molecule has 0 nitrogen and oxygen atoms in total. The molecule has 2 aliphatic carbocycles. The van der Waals surface area contributed by atoms with E-state index in [9.17, 15) is 0 Å². The van der Waals surface area contributed by atoms with Crippen molar-refractivity contribution in [2.75, 3.05) is 5.33 Å². The number of rotatable bonds is 3. The van der Waals surface area contributed by atoms with Crippen molar-refractivity contribution in [3.05, 3.63) is 22.4 Å². The molecule has 1 aromatic heterocycles. The zero-order valence-electron chi connectivity index (χ0n) is 8.21. The highest BCUT2D eigenvalue weighted by Crippen LogP contribution is 2.61. The molecule has 2 unspecified atom stereocenters. The second-order valence-corrected chi connectivity index (χ2v) is 6.65. The van der Waals surface area contributed by atoms with E-state index in [2.05, 4.69) is 33.4 Å². The standard InChI is InChI=1S/C12H15BrS/c13-8-12(5-9-4-10(9)6-12)7-11-2-1-3-14-11/h1-3,9-10H,4-8H2. The fourth-order valence-electron chi connectivity index (χ4n) is 3.09. The Morgan fingerprint density at radius 1 is 1.43 bits per heavy atom. The van der Waals surface area contributed by atoms with Crippen molar-refractivity contribution in [2.24, 2.45) is 17.3 Å². The first-order valence-electron chi connectivity index (χ1n) is 5.40. The molecule has 1 heterocycles. The van der Waals surface area contributed by atoms with Gasteiger partial charge in [0.25, 0.3) is 0 Å². The molecule has 2 fully saturated rings. The largest absolute Gasteiger partial charge is 0.149 e. The summed E-state index contributed by atoms with van der Waals surface area (Å²) in [5, 5.41) is 3.40. The van der Waals surface area contributed by atoms with Gasteiger partial charge in [-0.15, -0.1) is 11.3 Å². The maximum Gasteiger partial charge on any atom is 0.00916 e. The molecule has 1 aromatic rings. The van der Waals surface area contributed by atoms with E-state index < -0.39 is 0 Å². The highest BCUT2D eigenvalue weighted by molar-refractivity contribution is 9.09. The number of halogens is 1. The average molecular weight is 271 g/mol. The Morgan fingerprint density at radius 2 is 2.21 bits per heavy atom. The molecule has 3 rings (SSSR count). The number of thiophene rings is 1. The molecule has 76 valence electrons. The summed E-state index contributed by atoms with van der Waals surface area (Å²) in [6, 6.07) is 4.47. The van der Waals surface area contributed by atoms with Crippen LogP contribution in [0.5, 0.6) is 0 Å². The minimum absolute atomic E-state index is 0.610. The van der Waals surface area contributed by atoms with E-state index in [0.717, 1.165) is 11.8 Å². The first-order chi connectivity index (χ1) is 6.81. The third kappa shape index (κ3) is 1.57. The summed E-state index contributed by atoms with van der Waals surface area (Å²) in [4.78, 5) is 1.57.